The van der Waals surface area contributed by atoms with Gasteiger partial charge in [-0.15, -0.1) is 0 Å². The minimum atomic E-state index is -4.30. The predicted molar refractivity (Wildman–Crippen MR) is 171 cm³/mol. The highest BCUT2D eigenvalue weighted by Crippen LogP contribution is 2.36. The topological polar surface area (TPSA) is 105 Å². The lowest BCUT2D eigenvalue weighted by Crippen LogP contribution is -2.53. The van der Waals surface area contributed by atoms with E-state index in [1.54, 1.807) is 54.6 Å². The van der Waals surface area contributed by atoms with E-state index in [0.717, 1.165) is 9.87 Å². The number of benzene rings is 4. The number of nitrogens with one attached hydrogen (secondary N) is 1. The van der Waals surface area contributed by atoms with E-state index in [-0.39, 0.29) is 29.3 Å². The number of amides is 2. The molecular formula is C33H34ClN3O6S. The van der Waals surface area contributed by atoms with Crippen LogP contribution in [0.5, 0.6) is 11.5 Å². The van der Waals surface area contributed by atoms with Crippen molar-refractivity contribution in [1.82, 2.24) is 10.2 Å². The summed E-state index contributed by atoms with van der Waals surface area (Å²) in [6.07, 6.45) is 0.202. The molecule has 230 valence electrons. The molecule has 0 heterocycles. The van der Waals surface area contributed by atoms with Crippen molar-refractivity contribution in [2.45, 2.75) is 23.9 Å². The van der Waals surface area contributed by atoms with Gasteiger partial charge in [-0.1, -0.05) is 72.3 Å². The highest BCUT2D eigenvalue weighted by Gasteiger charge is 2.35. The van der Waals surface area contributed by atoms with Crippen molar-refractivity contribution in [3.8, 4) is 11.5 Å². The maximum atomic E-state index is 14.4. The number of nitrogens with zero attached hydrogens (tertiary/aromatic N) is 2. The molecule has 2 amide bonds. The summed E-state index contributed by atoms with van der Waals surface area (Å²) in [5, 5.41) is 3.19. The second kappa shape index (κ2) is 14.8. The number of methoxy groups -OCH3 is 2. The average molecular weight is 636 g/mol. The molecule has 4 aromatic rings. The Morgan fingerprint density at radius 1 is 0.841 bits per heavy atom. The van der Waals surface area contributed by atoms with Crippen molar-refractivity contribution in [2.75, 3.05) is 32.1 Å². The Hall–Kier alpha value is -4.54. The molecule has 44 heavy (non-hydrogen) atoms. The van der Waals surface area contributed by atoms with Crippen LogP contribution in [-0.2, 0) is 32.6 Å². The Labute approximate surface area is 263 Å². The molecule has 4 aromatic carbocycles. The number of hydrogen-bond acceptors (Lipinski definition) is 6. The Morgan fingerprint density at radius 2 is 1.48 bits per heavy atom. The van der Waals surface area contributed by atoms with Gasteiger partial charge in [0.15, 0.2) is 0 Å². The number of carbonyl (C=O) groups excluding carboxylic acids is 2. The summed E-state index contributed by atoms with van der Waals surface area (Å²) in [5.41, 5.74) is 1.65. The minimum Gasteiger partial charge on any atom is -0.497 e. The van der Waals surface area contributed by atoms with E-state index in [0.29, 0.717) is 16.3 Å². The van der Waals surface area contributed by atoms with E-state index in [2.05, 4.69) is 5.32 Å². The monoisotopic (exact) mass is 635 g/mol. The zero-order valence-electron chi connectivity index (χ0n) is 24.6. The number of anilines is 1. The normalized spacial score (nSPS) is 11.7. The first-order chi connectivity index (χ1) is 21.2. The summed E-state index contributed by atoms with van der Waals surface area (Å²) in [6, 6.07) is 27.8. The van der Waals surface area contributed by atoms with E-state index in [4.69, 9.17) is 21.1 Å². The standard InChI is InChI=1S/C33H34ClN3O6S/c1-35-33(39)30(20-24-10-6-4-7-11-24)36(22-25-14-16-26(34)17-15-25)32(38)23-37(44(40,41)28-12-8-5-9-13-28)29-21-27(42-2)18-19-31(29)43-3/h4-19,21,30H,20,22-23H2,1-3H3,(H,35,39)/t30-/m1/s1. The second-order valence-electron chi connectivity index (χ2n) is 9.83. The van der Waals surface area contributed by atoms with Crippen LogP contribution in [0.25, 0.3) is 0 Å². The number of sulfonamides is 1. The van der Waals surface area contributed by atoms with Crippen molar-refractivity contribution in [3.63, 3.8) is 0 Å². The minimum absolute atomic E-state index is 0.0194. The molecule has 1 N–H and O–H groups in total. The number of rotatable bonds is 13. The van der Waals surface area contributed by atoms with Crippen molar-refractivity contribution in [2.24, 2.45) is 0 Å². The molecule has 0 aromatic heterocycles. The Bertz CT molecular complexity index is 1670. The first kappa shape index (κ1) is 32.4. The molecule has 4 rings (SSSR count). The summed E-state index contributed by atoms with van der Waals surface area (Å²) >= 11 is 6.11. The lowest BCUT2D eigenvalue weighted by molar-refractivity contribution is -0.139. The number of carbonyl (C=O) groups is 2. The van der Waals surface area contributed by atoms with Crippen LogP contribution in [0, 0.1) is 0 Å². The zero-order valence-corrected chi connectivity index (χ0v) is 26.2. The lowest BCUT2D eigenvalue weighted by Gasteiger charge is -2.34. The second-order valence-corrected chi connectivity index (χ2v) is 12.1. The number of ether oxygens (including phenoxy) is 2. The van der Waals surface area contributed by atoms with Gasteiger partial charge in [0.1, 0.15) is 24.1 Å². The molecule has 0 unspecified atom stereocenters. The summed E-state index contributed by atoms with van der Waals surface area (Å²) in [5.74, 6) is -0.414. The van der Waals surface area contributed by atoms with Gasteiger partial charge in [-0.05, 0) is 47.5 Å². The number of hydrogen-bond donors (Lipinski definition) is 1. The first-order valence-corrected chi connectivity index (χ1v) is 15.6. The van der Waals surface area contributed by atoms with Gasteiger partial charge in [0, 0.05) is 31.1 Å². The van der Waals surface area contributed by atoms with E-state index < -0.39 is 34.4 Å². The molecule has 0 aliphatic rings. The fourth-order valence-electron chi connectivity index (χ4n) is 4.73. The van der Waals surface area contributed by atoms with Gasteiger partial charge in [-0.25, -0.2) is 8.42 Å². The molecule has 0 saturated heterocycles. The highest BCUT2D eigenvalue weighted by molar-refractivity contribution is 7.92. The van der Waals surface area contributed by atoms with Gasteiger partial charge in [-0.3, -0.25) is 13.9 Å². The van der Waals surface area contributed by atoms with Crippen LogP contribution >= 0.6 is 11.6 Å². The van der Waals surface area contributed by atoms with Crippen LogP contribution < -0.4 is 19.1 Å². The number of halogens is 1. The predicted octanol–water partition coefficient (Wildman–Crippen LogP) is 4.94. The van der Waals surface area contributed by atoms with Crippen LogP contribution in [0.1, 0.15) is 11.1 Å². The smallest absolute Gasteiger partial charge is 0.264 e. The fraction of sp³-hybridized carbons (Fsp3) is 0.212. The van der Waals surface area contributed by atoms with Crippen LogP contribution in [0.2, 0.25) is 5.02 Å². The summed E-state index contributed by atoms with van der Waals surface area (Å²) in [4.78, 5) is 29.2. The summed E-state index contributed by atoms with van der Waals surface area (Å²) in [7, 11) is 0.0697. The molecule has 1 atom stereocenters. The molecule has 9 nitrogen and oxygen atoms in total. The van der Waals surface area contributed by atoms with Crippen molar-refractivity contribution >= 4 is 39.1 Å². The van der Waals surface area contributed by atoms with Gasteiger partial charge in [0.25, 0.3) is 10.0 Å². The van der Waals surface area contributed by atoms with Crippen molar-refractivity contribution in [3.05, 3.63) is 119 Å². The van der Waals surface area contributed by atoms with E-state index in [1.807, 2.05) is 30.3 Å². The zero-order chi connectivity index (χ0) is 31.7. The average Bonchev–Trinajstić information content (AvgIpc) is 3.06. The number of likely N-dealkylation sites (N-methyl/N-ethyl adjacent to an activating group) is 1. The van der Waals surface area contributed by atoms with Crippen LogP contribution in [0.15, 0.2) is 108 Å². The van der Waals surface area contributed by atoms with Gasteiger partial charge in [-0.2, -0.15) is 0 Å². The van der Waals surface area contributed by atoms with Crippen molar-refractivity contribution < 1.29 is 27.5 Å². The highest BCUT2D eigenvalue weighted by atomic mass is 35.5. The third-order valence-corrected chi connectivity index (χ3v) is 9.07. The van der Waals surface area contributed by atoms with Gasteiger partial charge in [0.2, 0.25) is 11.8 Å². The van der Waals surface area contributed by atoms with Crippen LogP contribution in [0.3, 0.4) is 0 Å². The maximum absolute atomic E-state index is 14.4. The van der Waals surface area contributed by atoms with Gasteiger partial charge < -0.3 is 19.7 Å². The summed E-state index contributed by atoms with van der Waals surface area (Å²) in [6.45, 7) is -0.605. The van der Waals surface area contributed by atoms with Gasteiger partial charge >= 0.3 is 0 Å². The van der Waals surface area contributed by atoms with E-state index in [1.165, 1.54) is 44.4 Å². The van der Waals surface area contributed by atoms with Crippen molar-refractivity contribution in [1.29, 1.82) is 0 Å². The van der Waals surface area contributed by atoms with Gasteiger partial charge in [0.05, 0.1) is 24.8 Å². The molecule has 0 aliphatic carbocycles. The molecule has 11 heteroatoms. The lowest BCUT2D eigenvalue weighted by atomic mass is 10.0. The third kappa shape index (κ3) is 7.69. The molecule has 0 spiro atoms. The Morgan fingerprint density at radius 3 is 2.07 bits per heavy atom. The van der Waals surface area contributed by atoms with Crippen LogP contribution in [-0.4, -0.2) is 59.0 Å². The molecule has 0 fully saturated rings. The SMILES string of the molecule is CNC(=O)[C@@H](Cc1ccccc1)N(Cc1ccc(Cl)cc1)C(=O)CN(c1cc(OC)ccc1OC)S(=O)(=O)c1ccccc1. The quantitative estimate of drug-likeness (QED) is 0.223. The van der Waals surface area contributed by atoms with E-state index >= 15 is 0 Å². The Balaban J connectivity index is 1.84. The molecule has 0 aliphatic heterocycles. The largest absolute Gasteiger partial charge is 0.497 e. The Kier molecular flexibility index (Phi) is 10.9. The maximum Gasteiger partial charge on any atom is 0.264 e. The van der Waals surface area contributed by atoms with Crippen LogP contribution in [0.4, 0.5) is 5.69 Å². The van der Waals surface area contributed by atoms with E-state index in [9.17, 15) is 18.0 Å². The molecule has 0 saturated carbocycles. The molecular weight excluding hydrogens is 602 g/mol. The fourth-order valence-corrected chi connectivity index (χ4v) is 6.30. The first-order valence-electron chi connectivity index (χ1n) is 13.8. The molecule has 0 bridgehead atoms. The third-order valence-electron chi connectivity index (χ3n) is 7.05. The summed E-state index contributed by atoms with van der Waals surface area (Å²) < 4.78 is 40.2. The molecule has 0 radical (unpaired) electrons.